The van der Waals surface area contributed by atoms with Gasteiger partial charge in [-0.25, -0.2) is 16.8 Å². The molecule has 0 unspecified atom stereocenters. The summed E-state index contributed by atoms with van der Waals surface area (Å²) in [6.07, 6.45) is -1.48. The molecular formula is C27H37NO8S2. The second-order valence-electron chi connectivity index (χ2n) is 10.1. The molecule has 0 aromatic heterocycles. The maximum absolute atomic E-state index is 13.5. The standard InChI is InChI=1S/C27H37NO8S2/c1-20(2)17-28(38(33,34)25-11-9-23(35-3)10-12-25)18-26(29)22(15-21-7-5-4-6-8-21)16-27(30)36-24-13-14-37(31,32)19-24/h4-12,20,22,24,26,29H,13-19H2,1-3H3/t22-,24+,26-/m1/s1. The van der Waals surface area contributed by atoms with Crippen molar-refractivity contribution in [3.63, 3.8) is 0 Å². The molecule has 9 nitrogen and oxygen atoms in total. The molecule has 1 saturated heterocycles. The van der Waals surface area contributed by atoms with Gasteiger partial charge in [0.25, 0.3) is 0 Å². The summed E-state index contributed by atoms with van der Waals surface area (Å²) in [7, 11) is -5.67. The topological polar surface area (TPSA) is 127 Å². The van der Waals surface area contributed by atoms with Crippen LogP contribution >= 0.6 is 0 Å². The highest BCUT2D eigenvalue weighted by Crippen LogP contribution is 2.25. The minimum Gasteiger partial charge on any atom is -0.497 e. The van der Waals surface area contributed by atoms with Crippen LogP contribution in [0.25, 0.3) is 0 Å². The molecule has 1 fully saturated rings. The lowest BCUT2D eigenvalue weighted by Crippen LogP contribution is -2.43. The number of rotatable bonds is 13. The first kappa shape index (κ1) is 30.1. The average molecular weight is 568 g/mol. The predicted octanol–water partition coefficient (Wildman–Crippen LogP) is 2.68. The predicted molar refractivity (Wildman–Crippen MR) is 144 cm³/mol. The molecule has 11 heteroatoms. The fraction of sp³-hybridized carbons (Fsp3) is 0.519. The van der Waals surface area contributed by atoms with Crippen molar-refractivity contribution in [1.29, 1.82) is 0 Å². The number of sulfonamides is 1. The molecule has 38 heavy (non-hydrogen) atoms. The lowest BCUT2D eigenvalue weighted by Gasteiger charge is -2.30. The lowest BCUT2D eigenvalue weighted by molar-refractivity contribution is -0.150. The molecule has 1 N–H and O–H groups in total. The van der Waals surface area contributed by atoms with Crippen LogP contribution in [0.4, 0.5) is 0 Å². The van der Waals surface area contributed by atoms with Crippen LogP contribution < -0.4 is 4.74 Å². The molecule has 1 aliphatic heterocycles. The molecule has 2 aromatic rings. The van der Waals surface area contributed by atoms with Gasteiger partial charge >= 0.3 is 5.97 Å². The van der Waals surface area contributed by atoms with Crippen molar-refractivity contribution in [2.24, 2.45) is 11.8 Å². The van der Waals surface area contributed by atoms with E-state index in [0.717, 1.165) is 5.56 Å². The third-order valence-corrected chi connectivity index (χ3v) is 10.0. The van der Waals surface area contributed by atoms with Crippen LogP contribution in [0, 0.1) is 11.8 Å². The van der Waals surface area contributed by atoms with E-state index >= 15 is 0 Å². The van der Waals surface area contributed by atoms with E-state index in [1.165, 1.54) is 23.5 Å². The molecule has 0 amide bonds. The first-order valence-electron chi connectivity index (χ1n) is 12.7. The Morgan fingerprint density at radius 2 is 1.74 bits per heavy atom. The zero-order valence-electron chi connectivity index (χ0n) is 22.0. The number of hydrogen-bond donors (Lipinski definition) is 1. The summed E-state index contributed by atoms with van der Waals surface area (Å²) in [5.74, 6) is -0.974. The minimum absolute atomic E-state index is 0.0166. The van der Waals surface area contributed by atoms with Gasteiger partial charge in [0.05, 0.1) is 36.0 Å². The molecule has 1 heterocycles. The van der Waals surface area contributed by atoms with E-state index in [0.29, 0.717) is 12.2 Å². The third-order valence-electron chi connectivity index (χ3n) is 6.46. The Kier molecular flexibility index (Phi) is 10.3. The summed E-state index contributed by atoms with van der Waals surface area (Å²) in [6.45, 7) is 3.73. The van der Waals surface area contributed by atoms with Crippen molar-refractivity contribution in [3.8, 4) is 5.75 Å². The van der Waals surface area contributed by atoms with Gasteiger partial charge in [0.1, 0.15) is 11.9 Å². The number of esters is 1. The molecule has 0 radical (unpaired) electrons. The van der Waals surface area contributed by atoms with Gasteiger partial charge < -0.3 is 14.6 Å². The lowest BCUT2D eigenvalue weighted by atomic mass is 9.90. The Hall–Kier alpha value is -2.47. The summed E-state index contributed by atoms with van der Waals surface area (Å²) in [5.41, 5.74) is 0.876. The molecule has 0 bridgehead atoms. The maximum atomic E-state index is 13.5. The first-order chi connectivity index (χ1) is 17.9. The molecule has 0 aliphatic carbocycles. The molecule has 0 spiro atoms. The van der Waals surface area contributed by atoms with Crippen molar-refractivity contribution in [2.45, 2.75) is 50.2 Å². The number of ether oxygens (including phenoxy) is 2. The number of carbonyl (C=O) groups excluding carboxylic acids is 1. The number of aliphatic hydroxyl groups excluding tert-OH is 1. The van der Waals surface area contributed by atoms with E-state index in [2.05, 4.69) is 0 Å². The SMILES string of the molecule is COc1ccc(S(=O)(=O)N(CC(C)C)C[C@@H](O)[C@@H](CC(=O)O[C@H]2CCS(=O)(=O)C2)Cc2ccccc2)cc1. The normalized spacial score (nSPS) is 18.8. The van der Waals surface area contributed by atoms with Crippen LogP contribution in [-0.2, 0) is 35.8 Å². The molecule has 0 saturated carbocycles. The van der Waals surface area contributed by atoms with Gasteiger partial charge in [-0.1, -0.05) is 44.2 Å². The number of hydrogen-bond acceptors (Lipinski definition) is 8. The smallest absolute Gasteiger partial charge is 0.306 e. The largest absolute Gasteiger partial charge is 0.497 e. The summed E-state index contributed by atoms with van der Waals surface area (Å²) < 4.78 is 62.3. The highest BCUT2D eigenvalue weighted by Gasteiger charge is 2.34. The highest BCUT2D eigenvalue weighted by atomic mass is 32.2. The highest BCUT2D eigenvalue weighted by molar-refractivity contribution is 7.91. The zero-order chi connectivity index (χ0) is 27.9. The number of carbonyl (C=O) groups is 1. The number of aliphatic hydroxyl groups is 1. The Balaban J connectivity index is 1.80. The fourth-order valence-corrected chi connectivity index (χ4v) is 7.71. The summed E-state index contributed by atoms with van der Waals surface area (Å²) in [5, 5.41) is 11.3. The monoisotopic (exact) mass is 567 g/mol. The minimum atomic E-state index is -3.95. The van der Waals surface area contributed by atoms with Gasteiger partial charge in [0.2, 0.25) is 10.0 Å². The Labute approximate surface area is 225 Å². The molecule has 3 atom stereocenters. The second-order valence-corrected chi connectivity index (χ2v) is 14.3. The average Bonchev–Trinajstić information content (AvgIpc) is 3.21. The Morgan fingerprint density at radius 1 is 1.08 bits per heavy atom. The first-order valence-corrected chi connectivity index (χ1v) is 15.9. The zero-order valence-corrected chi connectivity index (χ0v) is 23.7. The quantitative estimate of drug-likeness (QED) is 0.366. The van der Waals surface area contributed by atoms with E-state index in [4.69, 9.17) is 9.47 Å². The van der Waals surface area contributed by atoms with Crippen LogP contribution in [-0.4, -0.2) is 76.1 Å². The van der Waals surface area contributed by atoms with E-state index in [1.54, 1.807) is 12.1 Å². The Morgan fingerprint density at radius 3 is 2.29 bits per heavy atom. The number of benzene rings is 2. The summed E-state index contributed by atoms with van der Waals surface area (Å²) >= 11 is 0. The van der Waals surface area contributed by atoms with Gasteiger partial charge in [-0.05, 0) is 48.6 Å². The van der Waals surface area contributed by atoms with Gasteiger partial charge in [-0.15, -0.1) is 0 Å². The summed E-state index contributed by atoms with van der Waals surface area (Å²) in [4.78, 5) is 12.9. The van der Waals surface area contributed by atoms with Gasteiger partial charge in [0.15, 0.2) is 9.84 Å². The molecule has 3 rings (SSSR count). The van der Waals surface area contributed by atoms with Crippen molar-refractivity contribution in [1.82, 2.24) is 4.31 Å². The molecular weight excluding hydrogens is 530 g/mol. The third kappa shape index (κ3) is 8.52. The van der Waals surface area contributed by atoms with Crippen molar-refractivity contribution in [2.75, 3.05) is 31.7 Å². The Bertz CT molecular complexity index is 1260. The van der Waals surface area contributed by atoms with Gasteiger partial charge in [0, 0.05) is 19.0 Å². The van der Waals surface area contributed by atoms with Crippen molar-refractivity contribution < 1.29 is 36.2 Å². The second kappa shape index (κ2) is 13.1. The maximum Gasteiger partial charge on any atom is 0.306 e. The van der Waals surface area contributed by atoms with Crippen LogP contribution in [0.15, 0.2) is 59.5 Å². The van der Waals surface area contributed by atoms with Crippen LogP contribution in [0.1, 0.15) is 32.3 Å². The number of sulfone groups is 1. The fourth-order valence-electron chi connectivity index (χ4n) is 4.50. The number of methoxy groups -OCH3 is 1. The van der Waals surface area contributed by atoms with E-state index in [1.807, 2.05) is 44.2 Å². The molecule has 1 aliphatic rings. The van der Waals surface area contributed by atoms with Crippen molar-refractivity contribution in [3.05, 3.63) is 60.2 Å². The van der Waals surface area contributed by atoms with Gasteiger partial charge in [-0.2, -0.15) is 4.31 Å². The molecule has 2 aromatic carbocycles. The van der Waals surface area contributed by atoms with Crippen LogP contribution in [0.5, 0.6) is 5.75 Å². The summed E-state index contributed by atoms with van der Waals surface area (Å²) in [6, 6.07) is 15.3. The van der Waals surface area contributed by atoms with Crippen molar-refractivity contribution >= 4 is 25.8 Å². The van der Waals surface area contributed by atoms with E-state index in [9.17, 15) is 26.7 Å². The van der Waals surface area contributed by atoms with E-state index in [-0.39, 0.29) is 48.3 Å². The van der Waals surface area contributed by atoms with E-state index < -0.39 is 44.0 Å². The van der Waals surface area contributed by atoms with Gasteiger partial charge in [-0.3, -0.25) is 4.79 Å². The van der Waals surface area contributed by atoms with Crippen LogP contribution in [0.2, 0.25) is 0 Å². The number of nitrogens with zero attached hydrogens (tertiary/aromatic N) is 1. The van der Waals surface area contributed by atoms with Crippen LogP contribution in [0.3, 0.4) is 0 Å². The molecule has 210 valence electrons.